The first-order chi connectivity index (χ1) is 11.4. The van der Waals surface area contributed by atoms with Gasteiger partial charge in [0.2, 0.25) is 0 Å². The van der Waals surface area contributed by atoms with Gasteiger partial charge in [0.15, 0.2) is 0 Å². The molecule has 0 spiro atoms. The number of benzene rings is 1. The monoisotopic (exact) mass is 328 g/mol. The summed E-state index contributed by atoms with van der Waals surface area (Å²) in [5.41, 5.74) is 5.03. The molecule has 0 bridgehead atoms. The van der Waals surface area contributed by atoms with Gasteiger partial charge < -0.3 is 9.47 Å². The third kappa shape index (κ3) is 5.07. The van der Waals surface area contributed by atoms with Gasteiger partial charge in [-0.05, 0) is 71.5 Å². The van der Waals surface area contributed by atoms with Gasteiger partial charge in [0.25, 0.3) is 0 Å². The van der Waals surface area contributed by atoms with Gasteiger partial charge in [0.1, 0.15) is 5.82 Å². The van der Waals surface area contributed by atoms with E-state index in [1.54, 1.807) is 12.1 Å². The Morgan fingerprint density at radius 2 is 1.92 bits per heavy atom. The van der Waals surface area contributed by atoms with E-state index in [9.17, 15) is 4.39 Å². The van der Waals surface area contributed by atoms with Crippen LogP contribution in [0.4, 0.5) is 4.39 Å². The van der Waals surface area contributed by atoms with E-state index in [-0.39, 0.29) is 5.82 Å². The van der Waals surface area contributed by atoms with Crippen molar-refractivity contribution in [2.75, 3.05) is 14.1 Å². The van der Waals surface area contributed by atoms with E-state index in [2.05, 4.69) is 48.6 Å². The molecular weight excluding hydrogens is 299 g/mol. The summed E-state index contributed by atoms with van der Waals surface area (Å²) in [5, 5.41) is 1.01. The molecule has 0 saturated heterocycles. The molecule has 1 aromatic heterocycles. The van der Waals surface area contributed by atoms with E-state index in [0.717, 1.165) is 36.8 Å². The maximum Gasteiger partial charge on any atom is 0.123 e. The smallest absolute Gasteiger partial charge is 0.123 e. The molecule has 0 aliphatic rings. The fourth-order valence-electron chi connectivity index (χ4n) is 2.91. The van der Waals surface area contributed by atoms with Crippen LogP contribution in [0.3, 0.4) is 0 Å². The normalized spacial score (nSPS) is 12.2. The zero-order valence-electron chi connectivity index (χ0n) is 15.6. The molecule has 2 aromatic rings. The summed E-state index contributed by atoms with van der Waals surface area (Å²) in [6.07, 6.45) is 8.89. The number of aromatic nitrogens is 1. The Hall–Kier alpha value is -1.87. The molecule has 0 radical (unpaired) electrons. The lowest BCUT2D eigenvalue weighted by Gasteiger charge is -2.07. The number of allylic oxidation sites excluding steroid dienone is 4. The molecule has 1 heterocycles. The van der Waals surface area contributed by atoms with Crippen molar-refractivity contribution >= 4 is 10.9 Å². The Labute approximate surface area is 145 Å². The Bertz CT molecular complexity index is 747. The molecule has 3 heteroatoms. The minimum atomic E-state index is -0.172. The van der Waals surface area contributed by atoms with E-state index >= 15 is 0 Å². The lowest BCUT2D eigenvalue weighted by molar-refractivity contribution is 0.403. The van der Waals surface area contributed by atoms with Gasteiger partial charge in [-0.25, -0.2) is 4.39 Å². The van der Waals surface area contributed by atoms with Gasteiger partial charge >= 0.3 is 0 Å². The summed E-state index contributed by atoms with van der Waals surface area (Å²) >= 11 is 0. The fourth-order valence-corrected chi connectivity index (χ4v) is 2.91. The Kier molecular flexibility index (Phi) is 6.38. The first-order valence-electron chi connectivity index (χ1n) is 8.58. The number of hydrogen-bond donors (Lipinski definition) is 0. The molecule has 1 aromatic carbocycles. The molecular formula is C21H29FN2. The number of hydrogen-bond acceptors (Lipinski definition) is 1. The minimum Gasteiger partial charge on any atom is -0.343 e. The average Bonchev–Trinajstić information content (AvgIpc) is 2.81. The van der Waals surface area contributed by atoms with Crippen LogP contribution in [0.5, 0.6) is 0 Å². The largest absolute Gasteiger partial charge is 0.343 e. The van der Waals surface area contributed by atoms with E-state index in [1.807, 2.05) is 20.2 Å². The summed E-state index contributed by atoms with van der Waals surface area (Å²) in [4.78, 5) is 2.12. The van der Waals surface area contributed by atoms with Crippen molar-refractivity contribution in [3.05, 3.63) is 59.1 Å². The highest BCUT2D eigenvalue weighted by atomic mass is 19.1. The van der Waals surface area contributed by atoms with Gasteiger partial charge in [0.05, 0.1) is 0 Å². The highest BCUT2D eigenvalue weighted by molar-refractivity contribution is 5.84. The molecule has 0 aliphatic heterocycles. The van der Waals surface area contributed by atoms with E-state index < -0.39 is 0 Å². The van der Waals surface area contributed by atoms with Crippen LogP contribution in [-0.2, 0) is 13.1 Å². The average molecular weight is 328 g/mol. The molecule has 0 N–H and O–H groups in total. The fraction of sp³-hybridized carbons (Fsp3) is 0.429. The zero-order valence-corrected chi connectivity index (χ0v) is 15.6. The van der Waals surface area contributed by atoms with Crippen LogP contribution in [0, 0.1) is 5.82 Å². The van der Waals surface area contributed by atoms with Crippen molar-refractivity contribution in [1.82, 2.24) is 9.47 Å². The van der Waals surface area contributed by atoms with Gasteiger partial charge in [-0.2, -0.15) is 0 Å². The van der Waals surface area contributed by atoms with Crippen molar-refractivity contribution in [3.63, 3.8) is 0 Å². The van der Waals surface area contributed by atoms with Crippen LogP contribution in [0.1, 0.15) is 39.2 Å². The van der Waals surface area contributed by atoms with Crippen molar-refractivity contribution in [2.45, 2.75) is 46.7 Å². The lowest BCUT2D eigenvalue weighted by Crippen LogP contribution is -2.10. The van der Waals surface area contributed by atoms with Crippen LogP contribution in [-0.4, -0.2) is 23.6 Å². The highest BCUT2D eigenvalue weighted by Crippen LogP contribution is 2.24. The lowest BCUT2D eigenvalue weighted by atomic mass is 10.1. The number of fused-ring (bicyclic) bond motifs is 1. The topological polar surface area (TPSA) is 8.17 Å². The third-order valence-electron chi connectivity index (χ3n) is 4.14. The Morgan fingerprint density at radius 3 is 2.58 bits per heavy atom. The number of rotatable bonds is 7. The quantitative estimate of drug-likeness (QED) is 0.606. The SMILES string of the molecule is CC(C)=CCC/C(C)=C/Cn1cc(CN(C)C)c2cc(F)ccc21. The van der Waals surface area contributed by atoms with Gasteiger partial charge in [-0.15, -0.1) is 0 Å². The third-order valence-corrected chi connectivity index (χ3v) is 4.14. The van der Waals surface area contributed by atoms with Crippen LogP contribution < -0.4 is 0 Å². The highest BCUT2D eigenvalue weighted by Gasteiger charge is 2.09. The number of nitrogens with zero attached hydrogens (tertiary/aromatic N) is 2. The first-order valence-corrected chi connectivity index (χ1v) is 8.58. The van der Waals surface area contributed by atoms with E-state index in [0.29, 0.717) is 0 Å². The van der Waals surface area contributed by atoms with Crippen LogP contribution in [0.2, 0.25) is 0 Å². The second-order valence-corrected chi connectivity index (χ2v) is 7.08. The summed E-state index contributed by atoms with van der Waals surface area (Å²) in [6.45, 7) is 8.10. The summed E-state index contributed by atoms with van der Waals surface area (Å²) in [5.74, 6) is -0.172. The van der Waals surface area contributed by atoms with Gasteiger partial charge in [0, 0.05) is 30.2 Å². The van der Waals surface area contributed by atoms with Crippen molar-refractivity contribution < 1.29 is 4.39 Å². The van der Waals surface area contributed by atoms with E-state index in [1.165, 1.54) is 16.7 Å². The predicted molar refractivity (Wildman–Crippen MR) is 102 cm³/mol. The molecule has 2 nitrogen and oxygen atoms in total. The van der Waals surface area contributed by atoms with Crippen molar-refractivity contribution in [3.8, 4) is 0 Å². The maximum atomic E-state index is 13.6. The van der Waals surface area contributed by atoms with Gasteiger partial charge in [-0.1, -0.05) is 23.3 Å². The van der Waals surface area contributed by atoms with Crippen LogP contribution in [0.15, 0.2) is 47.7 Å². The maximum absolute atomic E-state index is 13.6. The molecule has 24 heavy (non-hydrogen) atoms. The molecule has 0 atom stereocenters. The predicted octanol–water partition coefficient (Wildman–Crippen LogP) is 5.53. The molecule has 0 saturated carbocycles. The standard InChI is InChI=1S/C21H29FN2/c1-16(2)7-6-8-17(3)11-12-24-15-18(14-23(4)5)20-13-19(22)9-10-21(20)24/h7,9-11,13,15H,6,8,12,14H2,1-5H3/b17-11+. The summed E-state index contributed by atoms with van der Waals surface area (Å²) in [6, 6.07) is 5.08. The van der Waals surface area contributed by atoms with Crippen LogP contribution >= 0.6 is 0 Å². The van der Waals surface area contributed by atoms with Gasteiger partial charge in [-0.3, -0.25) is 0 Å². The Balaban J connectivity index is 2.21. The summed E-state index contributed by atoms with van der Waals surface area (Å²) in [7, 11) is 4.07. The molecule has 0 unspecified atom stereocenters. The second-order valence-electron chi connectivity index (χ2n) is 7.08. The molecule has 0 fully saturated rings. The molecule has 2 rings (SSSR count). The van der Waals surface area contributed by atoms with Crippen molar-refractivity contribution in [1.29, 1.82) is 0 Å². The Morgan fingerprint density at radius 1 is 1.17 bits per heavy atom. The second kappa shape index (κ2) is 8.29. The van der Waals surface area contributed by atoms with Crippen LogP contribution in [0.25, 0.3) is 10.9 Å². The molecule has 0 aliphatic carbocycles. The van der Waals surface area contributed by atoms with Crippen molar-refractivity contribution in [2.24, 2.45) is 0 Å². The zero-order chi connectivity index (χ0) is 17.7. The number of halogens is 1. The summed E-state index contributed by atoms with van der Waals surface area (Å²) < 4.78 is 15.9. The van der Waals surface area contributed by atoms with E-state index in [4.69, 9.17) is 0 Å². The first kappa shape index (κ1) is 18.5. The molecule has 0 amide bonds. The molecule has 130 valence electrons. The minimum absolute atomic E-state index is 0.172.